The van der Waals surface area contributed by atoms with E-state index in [1.165, 1.54) is 17.9 Å². The molecule has 0 bridgehead atoms. The zero-order valence-corrected chi connectivity index (χ0v) is 15.9. The van der Waals surface area contributed by atoms with E-state index in [2.05, 4.69) is 19.4 Å². The summed E-state index contributed by atoms with van der Waals surface area (Å²) in [6, 6.07) is 13.3. The Balaban J connectivity index is 1.65. The normalized spacial score (nSPS) is 11.9. The number of aromatic amines is 1. The van der Waals surface area contributed by atoms with Gasteiger partial charge in [0, 0.05) is 5.02 Å². The molecule has 27 heavy (non-hydrogen) atoms. The van der Waals surface area contributed by atoms with Crippen molar-refractivity contribution in [2.24, 2.45) is 4.99 Å². The fraction of sp³-hybridized carbons (Fsp3) is 0.111. The van der Waals surface area contributed by atoms with Gasteiger partial charge in [0.05, 0.1) is 17.9 Å². The molecule has 2 aromatic heterocycles. The van der Waals surface area contributed by atoms with E-state index in [1.54, 1.807) is 21.6 Å². The quantitative estimate of drug-likeness (QED) is 0.573. The lowest BCUT2D eigenvalue weighted by atomic mass is 10.2. The van der Waals surface area contributed by atoms with Crippen LogP contribution >= 0.6 is 23.1 Å². The summed E-state index contributed by atoms with van der Waals surface area (Å²) in [5.74, 6) is 0. The van der Waals surface area contributed by atoms with E-state index in [1.807, 2.05) is 43.3 Å². The lowest BCUT2D eigenvalue weighted by Crippen LogP contribution is -2.26. The fourth-order valence-electron chi connectivity index (χ4n) is 2.55. The number of hydrogen-bond acceptors (Lipinski definition) is 5. The third-order valence-corrected chi connectivity index (χ3v) is 5.22. The predicted octanol–water partition coefficient (Wildman–Crippen LogP) is 3.06. The van der Waals surface area contributed by atoms with Gasteiger partial charge in [0.15, 0.2) is 0 Å². The topological polar surface area (TPSA) is 80.9 Å². The van der Waals surface area contributed by atoms with E-state index in [0.29, 0.717) is 22.1 Å². The summed E-state index contributed by atoms with van der Waals surface area (Å²) < 4.78 is 6.01. The third-order valence-electron chi connectivity index (χ3n) is 4.05. The fourth-order valence-corrected chi connectivity index (χ4v) is 3.42. The van der Waals surface area contributed by atoms with Crippen molar-refractivity contribution in [3.63, 3.8) is 0 Å². The maximum atomic E-state index is 12.2. The van der Waals surface area contributed by atoms with Gasteiger partial charge in [-0.1, -0.05) is 29.8 Å². The molecule has 0 saturated heterocycles. The Morgan fingerprint density at radius 2 is 2.04 bits per heavy atom. The first-order valence-corrected chi connectivity index (χ1v) is 9.33. The average Bonchev–Trinajstić information content (AvgIpc) is 3.31. The van der Waals surface area contributed by atoms with Gasteiger partial charge in [0.2, 0.25) is 4.80 Å². The number of rotatable bonds is 4. The summed E-state index contributed by atoms with van der Waals surface area (Å²) in [7, 11) is 0. The lowest BCUT2D eigenvalue weighted by molar-refractivity contribution is 0.727. The zero-order chi connectivity index (χ0) is 18.8. The van der Waals surface area contributed by atoms with E-state index in [4.69, 9.17) is 11.6 Å². The summed E-state index contributed by atoms with van der Waals surface area (Å²) in [6.45, 7) is 2.35. The van der Waals surface area contributed by atoms with E-state index in [0.717, 1.165) is 16.8 Å². The van der Waals surface area contributed by atoms with E-state index >= 15 is 0 Å². The van der Waals surface area contributed by atoms with Crippen molar-refractivity contribution in [2.75, 3.05) is 0 Å². The Kier molecular flexibility index (Phi) is 4.74. The van der Waals surface area contributed by atoms with Gasteiger partial charge in [-0.15, -0.1) is 0 Å². The summed E-state index contributed by atoms with van der Waals surface area (Å²) >= 11 is 7.36. The summed E-state index contributed by atoms with van der Waals surface area (Å²) in [6.07, 6.45) is 3.12. The molecule has 4 aromatic rings. The lowest BCUT2D eigenvalue weighted by Gasteiger charge is -2.04. The van der Waals surface area contributed by atoms with Gasteiger partial charge in [-0.05, 0) is 53.8 Å². The Labute approximate surface area is 163 Å². The maximum absolute atomic E-state index is 12.2. The maximum Gasteiger partial charge on any atom is 0.337 e. The van der Waals surface area contributed by atoms with Crippen LogP contribution < -0.4 is 10.5 Å². The molecule has 0 aliphatic rings. The highest BCUT2D eigenvalue weighted by Gasteiger charge is 2.06. The molecule has 0 aliphatic heterocycles. The van der Waals surface area contributed by atoms with Crippen molar-refractivity contribution in [3.05, 3.63) is 86.6 Å². The molecule has 0 fully saturated rings. The number of H-pyrrole nitrogens is 1. The molecule has 2 heterocycles. The van der Waals surface area contributed by atoms with Crippen LogP contribution in [0.2, 0.25) is 5.02 Å². The zero-order valence-electron chi connectivity index (χ0n) is 14.3. The standard InChI is InChI=1S/C18H15ClN6OS/c1-12-2-5-14(8-16(12)19)22-18-24(17(26)23-27-18)9-13-3-6-15(7-4-13)25-11-20-10-21-25/h2-8,10-11H,9H2,1H3,(H,23,26)/b22-18-. The highest BCUT2D eigenvalue weighted by molar-refractivity contribution is 7.02. The van der Waals surface area contributed by atoms with Gasteiger partial charge in [0.1, 0.15) is 12.7 Å². The van der Waals surface area contributed by atoms with Gasteiger partial charge in [-0.2, -0.15) is 5.10 Å². The average molecular weight is 399 g/mol. The molecule has 4 rings (SSSR count). The minimum absolute atomic E-state index is 0.197. The van der Waals surface area contributed by atoms with Crippen LogP contribution in [0.15, 0.2) is 64.9 Å². The van der Waals surface area contributed by atoms with Crippen LogP contribution in [0.1, 0.15) is 11.1 Å². The number of hydrogen-bond donors (Lipinski definition) is 1. The van der Waals surface area contributed by atoms with Gasteiger partial charge in [-0.3, -0.25) is 8.94 Å². The highest BCUT2D eigenvalue weighted by atomic mass is 35.5. The molecule has 0 aliphatic carbocycles. The second-order valence-electron chi connectivity index (χ2n) is 5.93. The largest absolute Gasteiger partial charge is 0.337 e. The molecule has 0 unspecified atom stereocenters. The second kappa shape index (κ2) is 7.34. The minimum Gasteiger partial charge on any atom is -0.263 e. The third kappa shape index (κ3) is 3.76. The highest BCUT2D eigenvalue weighted by Crippen LogP contribution is 2.21. The first kappa shape index (κ1) is 17.4. The van der Waals surface area contributed by atoms with Crippen LogP contribution in [0.4, 0.5) is 5.69 Å². The van der Waals surface area contributed by atoms with Crippen LogP contribution in [0.3, 0.4) is 0 Å². The molecule has 2 aromatic carbocycles. The molecular weight excluding hydrogens is 384 g/mol. The van der Waals surface area contributed by atoms with Crippen molar-refractivity contribution in [1.82, 2.24) is 23.7 Å². The Hall–Kier alpha value is -2.97. The Morgan fingerprint density at radius 3 is 2.74 bits per heavy atom. The Bertz CT molecular complexity index is 1190. The first-order chi connectivity index (χ1) is 13.1. The summed E-state index contributed by atoms with van der Waals surface area (Å²) in [5, 5.41) is 4.75. The molecule has 0 saturated carbocycles. The predicted molar refractivity (Wildman–Crippen MR) is 105 cm³/mol. The van der Waals surface area contributed by atoms with Crippen molar-refractivity contribution < 1.29 is 0 Å². The van der Waals surface area contributed by atoms with Crippen molar-refractivity contribution in [2.45, 2.75) is 13.5 Å². The molecule has 0 radical (unpaired) electrons. The molecule has 0 spiro atoms. The number of nitrogens with zero attached hydrogens (tertiary/aromatic N) is 5. The van der Waals surface area contributed by atoms with Crippen LogP contribution in [0, 0.1) is 6.92 Å². The number of aromatic nitrogens is 5. The molecule has 1 N–H and O–H groups in total. The van der Waals surface area contributed by atoms with E-state index in [-0.39, 0.29) is 5.69 Å². The number of nitrogens with one attached hydrogen (secondary N) is 1. The van der Waals surface area contributed by atoms with Crippen molar-refractivity contribution in [1.29, 1.82) is 0 Å². The van der Waals surface area contributed by atoms with E-state index < -0.39 is 0 Å². The monoisotopic (exact) mass is 398 g/mol. The van der Waals surface area contributed by atoms with Gasteiger partial charge in [-0.25, -0.2) is 19.5 Å². The Morgan fingerprint density at radius 1 is 1.22 bits per heavy atom. The van der Waals surface area contributed by atoms with Gasteiger partial charge in [0.25, 0.3) is 0 Å². The number of halogens is 1. The number of aryl methyl sites for hydroxylation is 1. The van der Waals surface area contributed by atoms with E-state index in [9.17, 15) is 4.79 Å². The molecule has 136 valence electrons. The summed E-state index contributed by atoms with van der Waals surface area (Å²) in [4.78, 5) is 21.3. The van der Waals surface area contributed by atoms with Crippen LogP contribution in [0.5, 0.6) is 0 Å². The minimum atomic E-state index is -0.197. The number of benzene rings is 2. The second-order valence-corrected chi connectivity index (χ2v) is 7.11. The van der Waals surface area contributed by atoms with Crippen molar-refractivity contribution >= 4 is 28.8 Å². The smallest absolute Gasteiger partial charge is 0.263 e. The molecule has 7 nitrogen and oxygen atoms in total. The SMILES string of the molecule is Cc1ccc(/N=c2\s[nH]c(=O)n2Cc2ccc(-n3cncn3)cc2)cc1Cl. The van der Waals surface area contributed by atoms with Gasteiger partial charge < -0.3 is 0 Å². The molecule has 9 heteroatoms. The van der Waals surface area contributed by atoms with Crippen molar-refractivity contribution in [3.8, 4) is 5.69 Å². The molecule has 0 atom stereocenters. The van der Waals surface area contributed by atoms with Crippen LogP contribution in [-0.4, -0.2) is 23.7 Å². The summed E-state index contributed by atoms with van der Waals surface area (Å²) in [5.41, 5.74) is 3.37. The van der Waals surface area contributed by atoms with Crippen LogP contribution in [0.25, 0.3) is 5.69 Å². The molecule has 0 amide bonds. The van der Waals surface area contributed by atoms with Gasteiger partial charge >= 0.3 is 5.69 Å². The molecular formula is C18H15ClN6OS. The van der Waals surface area contributed by atoms with Crippen LogP contribution in [-0.2, 0) is 6.54 Å². The first-order valence-electron chi connectivity index (χ1n) is 8.13.